The summed E-state index contributed by atoms with van der Waals surface area (Å²) in [7, 11) is 0. The monoisotopic (exact) mass is 276 g/mol. The van der Waals surface area contributed by atoms with E-state index in [1.165, 1.54) is 11.3 Å². The van der Waals surface area contributed by atoms with Crippen LogP contribution in [0.4, 0.5) is 5.69 Å². The smallest absolute Gasteiger partial charge is 0.275 e. The molecule has 4 nitrogen and oxygen atoms in total. The van der Waals surface area contributed by atoms with Crippen LogP contribution < -0.4 is 10.1 Å². The third-order valence-corrected chi connectivity index (χ3v) is 2.93. The first kappa shape index (κ1) is 13.5. The third-order valence-electron chi connectivity index (χ3n) is 2.34. The zero-order valence-corrected chi connectivity index (χ0v) is 11.7. The molecule has 1 amide bonds. The molecule has 0 atom stereocenters. The number of anilines is 1. The van der Waals surface area contributed by atoms with Crippen molar-refractivity contribution in [1.82, 2.24) is 4.98 Å². The minimum atomic E-state index is -0.206. The number of nitrogens with zero attached hydrogens (tertiary/aromatic N) is 1. The van der Waals surface area contributed by atoms with Crippen molar-refractivity contribution in [2.75, 3.05) is 11.9 Å². The fourth-order valence-electron chi connectivity index (χ4n) is 1.45. The summed E-state index contributed by atoms with van der Waals surface area (Å²) in [5, 5.41) is 4.51. The van der Waals surface area contributed by atoms with E-state index in [4.69, 9.17) is 4.74 Å². The first-order valence-corrected chi connectivity index (χ1v) is 7.02. The van der Waals surface area contributed by atoms with Crippen molar-refractivity contribution in [2.24, 2.45) is 5.92 Å². The SMILES string of the molecule is CC(C)COc1cccc(NC(=O)c2cscn2)c1. The zero-order valence-electron chi connectivity index (χ0n) is 10.9. The predicted octanol–water partition coefficient (Wildman–Crippen LogP) is 3.43. The van der Waals surface area contributed by atoms with Crippen LogP contribution in [0.5, 0.6) is 5.75 Å². The van der Waals surface area contributed by atoms with Gasteiger partial charge in [0, 0.05) is 17.1 Å². The molecule has 19 heavy (non-hydrogen) atoms. The van der Waals surface area contributed by atoms with Gasteiger partial charge in [-0.2, -0.15) is 0 Å². The van der Waals surface area contributed by atoms with Crippen LogP contribution >= 0.6 is 11.3 Å². The molecule has 2 aromatic rings. The van der Waals surface area contributed by atoms with E-state index in [0.29, 0.717) is 23.9 Å². The molecule has 0 bridgehead atoms. The number of rotatable bonds is 5. The molecule has 1 aromatic carbocycles. The third kappa shape index (κ3) is 4.06. The number of ether oxygens (including phenoxy) is 1. The molecule has 0 fully saturated rings. The Labute approximate surface area is 116 Å². The van der Waals surface area contributed by atoms with Gasteiger partial charge in [0.25, 0.3) is 5.91 Å². The van der Waals surface area contributed by atoms with Gasteiger partial charge in [0.05, 0.1) is 12.1 Å². The van der Waals surface area contributed by atoms with Crippen molar-refractivity contribution < 1.29 is 9.53 Å². The van der Waals surface area contributed by atoms with Gasteiger partial charge in [0.15, 0.2) is 0 Å². The molecule has 1 N–H and O–H groups in total. The lowest BCUT2D eigenvalue weighted by atomic mass is 10.2. The molecular formula is C14H16N2O2S. The largest absolute Gasteiger partial charge is 0.493 e. The normalized spacial score (nSPS) is 10.5. The van der Waals surface area contributed by atoms with Crippen LogP contribution in [0.2, 0.25) is 0 Å². The van der Waals surface area contributed by atoms with Crippen LogP contribution in [0.3, 0.4) is 0 Å². The minimum Gasteiger partial charge on any atom is -0.493 e. The van der Waals surface area contributed by atoms with E-state index in [-0.39, 0.29) is 5.91 Å². The lowest BCUT2D eigenvalue weighted by molar-refractivity contribution is 0.102. The Kier molecular flexibility index (Phi) is 4.52. The Balaban J connectivity index is 2.01. The fourth-order valence-corrected chi connectivity index (χ4v) is 1.98. The molecule has 0 saturated heterocycles. The topological polar surface area (TPSA) is 51.2 Å². The van der Waals surface area contributed by atoms with Crippen molar-refractivity contribution in [3.8, 4) is 5.75 Å². The first-order valence-electron chi connectivity index (χ1n) is 6.07. The maximum Gasteiger partial charge on any atom is 0.275 e. The van der Waals surface area contributed by atoms with Gasteiger partial charge >= 0.3 is 0 Å². The standard InChI is InChI=1S/C14H16N2O2S/c1-10(2)7-18-12-5-3-4-11(6-12)16-14(17)13-8-19-9-15-13/h3-6,8-10H,7H2,1-2H3,(H,16,17). The number of hydrogen-bond acceptors (Lipinski definition) is 4. The first-order chi connectivity index (χ1) is 9.15. The Morgan fingerprint density at radius 3 is 3.00 bits per heavy atom. The van der Waals surface area contributed by atoms with E-state index in [1.807, 2.05) is 24.3 Å². The summed E-state index contributed by atoms with van der Waals surface area (Å²) >= 11 is 1.40. The van der Waals surface area contributed by atoms with Gasteiger partial charge in [-0.1, -0.05) is 19.9 Å². The number of aromatic nitrogens is 1. The van der Waals surface area contributed by atoms with Crippen LogP contribution in [0.25, 0.3) is 0 Å². The van der Waals surface area contributed by atoms with Crippen molar-refractivity contribution in [2.45, 2.75) is 13.8 Å². The van der Waals surface area contributed by atoms with E-state index < -0.39 is 0 Å². The summed E-state index contributed by atoms with van der Waals surface area (Å²) in [6.45, 7) is 4.84. The van der Waals surface area contributed by atoms with E-state index in [0.717, 1.165) is 5.75 Å². The van der Waals surface area contributed by atoms with Gasteiger partial charge in [0.2, 0.25) is 0 Å². The quantitative estimate of drug-likeness (QED) is 0.910. The number of amides is 1. The Bertz CT molecular complexity index is 538. The number of thiazole rings is 1. The second-order valence-corrected chi connectivity index (χ2v) is 5.28. The number of carbonyl (C=O) groups excluding carboxylic acids is 1. The van der Waals surface area contributed by atoms with Crippen molar-refractivity contribution in [3.05, 3.63) is 40.8 Å². The molecule has 0 aliphatic rings. The molecule has 1 heterocycles. The van der Waals surface area contributed by atoms with Gasteiger partial charge in [-0.3, -0.25) is 4.79 Å². The van der Waals surface area contributed by atoms with E-state index in [2.05, 4.69) is 24.1 Å². The van der Waals surface area contributed by atoms with Crippen LogP contribution in [-0.2, 0) is 0 Å². The second-order valence-electron chi connectivity index (χ2n) is 4.56. The molecular weight excluding hydrogens is 260 g/mol. The van der Waals surface area contributed by atoms with Gasteiger partial charge in [-0.15, -0.1) is 11.3 Å². The summed E-state index contributed by atoms with van der Waals surface area (Å²) in [4.78, 5) is 15.8. The number of benzene rings is 1. The van der Waals surface area contributed by atoms with Gasteiger partial charge in [-0.25, -0.2) is 4.98 Å². The van der Waals surface area contributed by atoms with Crippen LogP contribution in [-0.4, -0.2) is 17.5 Å². The molecule has 5 heteroatoms. The summed E-state index contributed by atoms with van der Waals surface area (Å²) < 4.78 is 5.62. The highest BCUT2D eigenvalue weighted by molar-refractivity contribution is 7.07. The maximum atomic E-state index is 11.8. The van der Waals surface area contributed by atoms with Gasteiger partial charge in [0.1, 0.15) is 11.4 Å². The summed E-state index contributed by atoms with van der Waals surface area (Å²) in [6.07, 6.45) is 0. The highest BCUT2D eigenvalue weighted by Gasteiger charge is 2.08. The number of hydrogen-bond donors (Lipinski definition) is 1. The molecule has 0 unspecified atom stereocenters. The Morgan fingerprint density at radius 2 is 2.32 bits per heavy atom. The number of carbonyl (C=O) groups is 1. The number of nitrogens with one attached hydrogen (secondary N) is 1. The van der Waals surface area contributed by atoms with Gasteiger partial charge < -0.3 is 10.1 Å². The van der Waals surface area contributed by atoms with Crippen LogP contribution in [0.15, 0.2) is 35.2 Å². The van der Waals surface area contributed by atoms with Crippen molar-refractivity contribution in [3.63, 3.8) is 0 Å². The summed E-state index contributed by atoms with van der Waals surface area (Å²) in [5.41, 5.74) is 2.77. The van der Waals surface area contributed by atoms with Crippen LogP contribution in [0.1, 0.15) is 24.3 Å². The zero-order chi connectivity index (χ0) is 13.7. The fraction of sp³-hybridized carbons (Fsp3) is 0.286. The van der Waals surface area contributed by atoms with Gasteiger partial charge in [-0.05, 0) is 18.1 Å². The maximum absolute atomic E-state index is 11.8. The van der Waals surface area contributed by atoms with Crippen molar-refractivity contribution in [1.29, 1.82) is 0 Å². The predicted molar refractivity (Wildman–Crippen MR) is 76.8 cm³/mol. The molecule has 0 saturated carbocycles. The van der Waals surface area contributed by atoms with Crippen LogP contribution in [0, 0.1) is 5.92 Å². The molecule has 0 radical (unpaired) electrons. The summed E-state index contributed by atoms with van der Waals surface area (Å²) in [5.74, 6) is 1.01. The summed E-state index contributed by atoms with van der Waals surface area (Å²) in [6, 6.07) is 7.37. The molecule has 0 aliphatic heterocycles. The lowest BCUT2D eigenvalue weighted by Gasteiger charge is -2.10. The van der Waals surface area contributed by atoms with E-state index in [9.17, 15) is 4.79 Å². The Morgan fingerprint density at radius 1 is 1.47 bits per heavy atom. The minimum absolute atomic E-state index is 0.206. The molecule has 1 aromatic heterocycles. The van der Waals surface area contributed by atoms with E-state index in [1.54, 1.807) is 10.9 Å². The average Bonchev–Trinajstić information content (AvgIpc) is 2.91. The molecule has 2 rings (SSSR count). The second kappa shape index (κ2) is 6.33. The lowest BCUT2D eigenvalue weighted by Crippen LogP contribution is -2.12. The average molecular weight is 276 g/mol. The molecule has 0 spiro atoms. The molecule has 100 valence electrons. The highest BCUT2D eigenvalue weighted by Crippen LogP contribution is 2.18. The molecule has 0 aliphatic carbocycles. The van der Waals surface area contributed by atoms with Crippen molar-refractivity contribution >= 4 is 22.9 Å². The van der Waals surface area contributed by atoms with E-state index >= 15 is 0 Å². The Hall–Kier alpha value is -1.88. The highest BCUT2D eigenvalue weighted by atomic mass is 32.1.